The van der Waals surface area contributed by atoms with Gasteiger partial charge in [0.1, 0.15) is 0 Å². The van der Waals surface area contributed by atoms with Gasteiger partial charge in [0.25, 0.3) is 5.89 Å². The third-order valence-electron chi connectivity index (χ3n) is 3.98. The van der Waals surface area contributed by atoms with Crippen molar-refractivity contribution in [3.8, 4) is 51.6 Å². The van der Waals surface area contributed by atoms with Gasteiger partial charge >= 0.3 is 0 Å². The Labute approximate surface area is 156 Å². The van der Waals surface area contributed by atoms with E-state index in [0.717, 1.165) is 5.56 Å². The Morgan fingerprint density at radius 2 is 1.26 bits per heavy atom. The van der Waals surface area contributed by atoms with Crippen molar-refractivity contribution < 1.29 is 28.2 Å². The monoisotopic (exact) mass is 372 g/mol. The van der Waals surface area contributed by atoms with Crippen LogP contribution in [-0.2, 0) is 0 Å². The molecular weight excluding hydrogens is 352 g/mol. The van der Waals surface area contributed by atoms with Crippen LogP contribution in [0.4, 0.5) is 0 Å². The zero-order chi connectivity index (χ0) is 19.4. The highest BCUT2D eigenvalue weighted by Crippen LogP contribution is 2.41. The normalized spacial score (nSPS) is 10.4. The van der Waals surface area contributed by atoms with E-state index in [1.165, 1.54) is 0 Å². The second kappa shape index (κ2) is 7.86. The van der Waals surface area contributed by atoms with Gasteiger partial charge in [0.15, 0.2) is 23.0 Å². The van der Waals surface area contributed by atoms with Crippen LogP contribution in [0.5, 0.6) is 28.7 Å². The van der Waals surface area contributed by atoms with Crippen LogP contribution >= 0.6 is 0 Å². The highest BCUT2D eigenvalue weighted by molar-refractivity contribution is 5.68. The van der Waals surface area contributed by atoms with Crippen LogP contribution in [0.25, 0.3) is 22.8 Å². The zero-order valence-corrected chi connectivity index (χ0v) is 15.7. The summed E-state index contributed by atoms with van der Waals surface area (Å²) in [7, 11) is 7.78. The molecule has 27 heavy (non-hydrogen) atoms. The molecule has 0 saturated heterocycles. The maximum atomic E-state index is 5.42. The zero-order valence-electron chi connectivity index (χ0n) is 15.7. The molecule has 0 aliphatic rings. The van der Waals surface area contributed by atoms with Crippen molar-refractivity contribution in [1.29, 1.82) is 0 Å². The fourth-order valence-electron chi connectivity index (χ4n) is 2.64. The van der Waals surface area contributed by atoms with Crippen LogP contribution in [0.2, 0.25) is 0 Å². The Balaban J connectivity index is 2.01. The minimum absolute atomic E-state index is 0.319. The summed E-state index contributed by atoms with van der Waals surface area (Å²) < 4.78 is 32.0. The van der Waals surface area contributed by atoms with Crippen molar-refractivity contribution in [2.24, 2.45) is 0 Å². The van der Waals surface area contributed by atoms with Gasteiger partial charge in [0.05, 0.1) is 35.5 Å². The first-order valence-corrected chi connectivity index (χ1v) is 8.01. The maximum Gasteiger partial charge on any atom is 0.258 e. The lowest BCUT2D eigenvalue weighted by molar-refractivity contribution is 0.324. The molecule has 8 nitrogen and oxygen atoms in total. The summed E-state index contributed by atoms with van der Waals surface area (Å²) >= 11 is 0. The third kappa shape index (κ3) is 3.46. The van der Waals surface area contributed by atoms with Crippen LogP contribution in [0, 0.1) is 0 Å². The van der Waals surface area contributed by atoms with Gasteiger partial charge in [0, 0.05) is 11.1 Å². The molecule has 3 aromatic rings. The molecule has 0 N–H and O–H groups in total. The molecule has 2 aromatic carbocycles. The number of hydrogen-bond donors (Lipinski definition) is 0. The predicted molar refractivity (Wildman–Crippen MR) is 97.9 cm³/mol. The smallest absolute Gasteiger partial charge is 0.258 e. The Morgan fingerprint density at radius 1 is 0.667 bits per heavy atom. The van der Waals surface area contributed by atoms with Gasteiger partial charge in [-0.1, -0.05) is 5.16 Å². The number of methoxy groups -OCH3 is 5. The molecule has 0 spiro atoms. The van der Waals surface area contributed by atoms with Gasteiger partial charge in [-0.25, -0.2) is 0 Å². The van der Waals surface area contributed by atoms with E-state index in [2.05, 4.69) is 10.1 Å². The van der Waals surface area contributed by atoms with Crippen molar-refractivity contribution in [2.75, 3.05) is 35.5 Å². The largest absolute Gasteiger partial charge is 0.493 e. The van der Waals surface area contributed by atoms with E-state index in [9.17, 15) is 0 Å². The number of nitrogens with zero attached hydrogens (tertiary/aromatic N) is 2. The van der Waals surface area contributed by atoms with Crippen molar-refractivity contribution in [2.45, 2.75) is 0 Å². The lowest BCUT2D eigenvalue weighted by Crippen LogP contribution is -1.95. The van der Waals surface area contributed by atoms with E-state index >= 15 is 0 Å². The molecule has 1 heterocycles. The number of benzene rings is 2. The third-order valence-corrected chi connectivity index (χ3v) is 3.98. The summed E-state index contributed by atoms with van der Waals surface area (Å²) in [5, 5.41) is 4.05. The number of hydrogen-bond acceptors (Lipinski definition) is 8. The summed E-state index contributed by atoms with van der Waals surface area (Å²) in [5.74, 6) is 3.42. The summed E-state index contributed by atoms with van der Waals surface area (Å²) in [6.07, 6.45) is 0. The van der Waals surface area contributed by atoms with Gasteiger partial charge in [-0.05, 0) is 30.3 Å². The lowest BCUT2D eigenvalue weighted by atomic mass is 10.1. The molecule has 8 heteroatoms. The van der Waals surface area contributed by atoms with Crippen molar-refractivity contribution in [1.82, 2.24) is 10.1 Å². The van der Waals surface area contributed by atoms with E-state index in [1.807, 2.05) is 6.07 Å². The van der Waals surface area contributed by atoms with Crippen molar-refractivity contribution in [3.05, 3.63) is 30.3 Å². The predicted octanol–water partition coefficient (Wildman–Crippen LogP) is 3.45. The van der Waals surface area contributed by atoms with Gasteiger partial charge in [0.2, 0.25) is 11.6 Å². The Hall–Kier alpha value is -3.42. The highest BCUT2D eigenvalue weighted by Gasteiger charge is 2.18. The SMILES string of the molecule is COc1ccc(-c2noc(-c3cc(OC)c(OC)c(OC)c3)n2)cc1OC. The summed E-state index contributed by atoms with van der Waals surface area (Å²) in [5.41, 5.74) is 1.37. The van der Waals surface area contributed by atoms with E-state index in [4.69, 9.17) is 28.2 Å². The highest BCUT2D eigenvalue weighted by atomic mass is 16.5. The Morgan fingerprint density at radius 3 is 1.81 bits per heavy atom. The summed E-state index contributed by atoms with van der Waals surface area (Å²) in [4.78, 5) is 4.46. The van der Waals surface area contributed by atoms with Crippen molar-refractivity contribution in [3.63, 3.8) is 0 Å². The van der Waals surface area contributed by atoms with E-state index in [-0.39, 0.29) is 0 Å². The van der Waals surface area contributed by atoms with Crippen LogP contribution in [-0.4, -0.2) is 45.7 Å². The molecule has 0 amide bonds. The molecule has 0 fully saturated rings. The fraction of sp³-hybridized carbons (Fsp3) is 0.263. The first-order valence-electron chi connectivity index (χ1n) is 8.01. The van der Waals surface area contributed by atoms with E-state index in [1.54, 1.807) is 59.8 Å². The Kier molecular flexibility index (Phi) is 5.35. The molecule has 0 bridgehead atoms. The number of rotatable bonds is 7. The van der Waals surface area contributed by atoms with Crippen LogP contribution in [0.3, 0.4) is 0 Å². The van der Waals surface area contributed by atoms with Gasteiger partial charge < -0.3 is 28.2 Å². The molecule has 3 rings (SSSR count). The molecule has 0 unspecified atom stereocenters. The molecular formula is C19H20N2O6. The summed E-state index contributed by atoms with van der Waals surface area (Å²) in [6.45, 7) is 0. The Bertz CT molecular complexity index is 913. The van der Waals surface area contributed by atoms with Crippen LogP contribution < -0.4 is 23.7 Å². The van der Waals surface area contributed by atoms with Crippen LogP contribution in [0.15, 0.2) is 34.9 Å². The fourth-order valence-corrected chi connectivity index (χ4v) is 2.64. The van der Waals surface area contributed by atoms with Gasteiger partial charge in [-0.2, -0.15) is 4.98 Å². The second-order valence-corrected chi connectivity index (χ2v) is 5.41. The van der Waals surface area contributed by atoms with Gasteiger partial charge in [-0.3, -0.25) is 0 Å². The second-order valence-electron chi connectivity index (χ2n) is 5.41. The molecule has 1 aromatic heterocycles. The minimum atomic E-state index is 0.319. The maximum absolute atomic E-state index is 5.42. The molecule has 0 radical (unpaired) electrons. The van der Waals surface area contributed by atoms with E-state index in [0.29, 0.717) is 46.0 Å². The average Bonchev–Trinajstić information content (AvgIpc) is 3.22. The number of aromatic nitrogens is 2. The first kappa shape index (κ1) is 18.4. The molecule has 0 saturated carbocycles. The lowest BCUT2D eigenvalue weighted by Gasteiger charge is -2.12. The summed E-state index contributed by atoms with van der Waals surface area (Å²) in [6, 6.07) is 8.87. The molecule has 0 aliphatic carbocycles. The van der Waals surface area contributed by atoms with Gasteiger partial charge in [-0.15, -0.1) is 0 Å². The topological polar surface area (TPSA) is 85.1 Å². The minimum Gasteiger partial charge on any atom is -0.493 e. The van der Waals surface area contributed by atoms with Crippen LogP contribution in [0.1, 0.15) is 0 Å². The molecule has 0 aliphatic heterocycles. The first-order chi connectivity index (χ1) is 13.1. The standard InChI is InChI=1S/C19H20N2O6/c1-22-13-7-6-11(8-14(13)23-2)18-20-19(27-21-18)12-9-15(24-3)17(26-5)16(10-12)25-4/h6-10H,1-5H3. The molecule has 0 atom stereocenters. The molecule has 142 valence electrons. The van der Waals surface area contributed by atoms with E-state index < -0.39 is 0 Å². The number of ether oxygens (including phenoxy) is 5. The van der Waals surface area contributed by atoms with Crippen molar-refractivity contribution >= 4 is 0 Å². The quantitative estimate of drug-likeness (QED) is 0.623. The average molecular weight is 372 g/mol.